The first-order valence-corrected chi connectivity index (χ1v) is 8.19. The van der Waals surface area contributed by atoms with Crippen LogP contribution in [0.15, 0.2) is 24.3 Å². The van der Waals surface area contributed by atoms with Crippen molar-refractivity contribution in [1.29, 1.82) is 0 Å². The number of carbonyl (C=O) groups excluding carboxylic acids is 1. The van der Waals surface area contributed by atoms with Crippen molar-refractivity contribution in [2.45, 2.75) is 32.9 Å². The molecule has 2 rings (SSSR count). The van der Waals surface area contributed by atoms with Crippen molar-refractivity contribution in [3.05, 3.63) is 45.4 Å². The number of aromatic nitrogens is 1. The van der Waals surface area contributed by atoms with Gasteiger partial charge >= 0.3 is 0 Å². The second kappa shape index (κ2) is 7.10. The van der Waals surface area contributed by atoms with Gasteiger partial charge in [0.1, 0.15) is 5.75 Å². The lowest BCUT2D eigenvalue weighted by molar-refractivity contribution is -0.141. The highest BCUT2D eigenvalue weighted by Crippen LogP contribution is 2.30. The van der Waals surface area contributed by atoms with Crippen molar-refractivity contribution in [3.8, 4) is 5.75 Å². The van der Waals surface area contributed by atoms with Crippen molar-refractivity contribution in [2.75, 3.05) is 14.2 Å². The Morgan fingerprint density at radius 1 is 1.39 bits per heavy atom. The summed E-state index contributed by atoms with van der Waals surface area (Å²) in [5.74, 6) is 0.259. The second-order valence-electron chi connectivity index (χ2n) is 5.49. The zero-order valence-electron chi connectivity index (χ0n) is 14.0. The predicted molar refractivity (Wildman–Crippen MR) is 90.7 cm³/mol. The van der Waals surface area contributed by atoms with Crippen LogP contribution in [0, 0.1) is 13.8 Å². The Hall–Kier alpha value is -1.92. The van der Waals surface area contributed by atoms with Crippen LogP contribution in [-0.4, -0.2) is 35.1 Å². The van der Waals surface area contributed by atoms with Gasteiger partial charge in [-0.1, -0.05) is 12.1 Å². The first-order chi connectivity index (χ1) is 10.8. The molecule has 0 saturated heterocycles. The minimum Gasteiger partial charge on any atom is -0.497 e. The summed E-state index contributed by atoms with van der Waals surface area (Å²) in [5.41, 5.74) is 1.45. The van der Waals surface area contributed by atoms with Gasteiger partial charge in [-0.05, 0) is 38.5 Å². The van der Waals surface area contributed by atoms with Crippen molar-refractivity contribution >= 4 is 17.2 Å². The van der Waals surface area contributed by atoms with Gasteiger partial charge in [-0.25, -0.2) is 4.98 Å². The number of carbonyl (C=O) groups is 1. The molecule has 5 nitrogen and oxygen atoms in total. The zero-order valence-corrected chi connectivity index (χ0v) is 14.8. The molecular formula is C17H22N2O3S. The topological polar surface area (TPSA) is 62.7 Å². The summed E-state index contributed by atoms with van der Waals surface area (Å²) in [6, 6.07) is 6.77. The molecule has 1 aromatic carbocycles. The molecule has 0 saturated carbocycles. The third kappa shape index (κ3) is 3.71. The highest BCUT2D eigenvalue weighted by Gasteiger charge is 2.27. The maximum Gasteiger partial charge on any atom is 0.256 e. The average Bonchev–Trinajstić information content (AvgIpc) is 2.90. The molecule has 0 fully saturated rings. The number of ether oxygens (including phenoxy) is 1. The van der Waals surface area contributed by atoms with Crippen LogP contribution in [0.5, 0.6) is 5.75 Å². The van der Waals surface area contributed by atoms with E-state index in [1.165, 1.54) is 0 Å². The minimum atomic E-state index is -1.22. The van der Waals surface area contributed by atoms with E-state index in [1.54, 1.807) is 54.7 Å². The largest absolute Gasteiger partial charge is 0.497 e. The molecule has 124 valence electrons. The standard InChI is InChI=1S/C17H22N2O3S/c1-10-16(23-12(3)18-10)11(2)19(4)17(21)15(20)13-7-6-8-14(9-13)22-5/h6-9,11,15,20H,1-5H3. The van der Waals surface area contributed by atoms with Gasteiger partial charge in [-0.3, -0.25) is 4.79 Å². The van der Waals surface area contributed by atoms with E-state index in [9.17, 15) is 9.90 Å². The Kier molecular flexibility index (Phi) is 5.38. The third-order valence-corrected chi connectivity index (χ3v) is 5.13. The predicted octanol–water partition coefficient (Wildman–Crippen LogP) is 3.02. The lowest BCUT2D eigenvalue weighted by atomic mass is 10.1. The van der Waals surface area contributed by atoms with E-state index in [2.05, 4.69) is 4.98 Å². The van der Waals surface area contributed by atoms with Gasteiger partial charge in [0.25, 0.3) is 5.91 Å². The van der Waals surface area contributed by atoms with E-state index in [-0.39, 0.29) is 11.9 Å². The number of amides is 1. The van der Waals surface area contributed by atoms with Gasteiger partial charge in [0.2, 0.25) is 0 Å². The first-order valence-electron chi connectivity index (χ1n) is 7.37. The molecule has 0 bridgehead atoms. The normalized spacial score (nSPS) is 13.5. The Morgan fingerprint density at radius 2 is 2.09 bits per heavy atom. The average molecular weight is 334 g/mol. The molecule has 2 aromatic rings. The maximum atomic E-state index is 12.6. The molecular weight excluding hydrogens is 312 g/mol. The number of rotatable bonds is 5. The molecule has 0 radical (unpaired) electrons. The van der Waals surface area contributed by atoms with Crippen molar-refractivity contribution in [2.24, 2.45) is 0 Å². The van der Waals surface area contributed by atoms with Crippen molar-refractivity contribution in [3.63, 3.8) is 0 Å². The smallest absolute Gasteiger partial charge is 0.256 e. The Labute approximate surface area is 140 Å². The quantitative estimate of drug-likeness (QED) is 0.913. The lowest BCUT2D eigenvalue weighted by Crippen LogP contribution is -2.33. The SMILES string of the molecule is COc1cccc(C(O)C(=O)N(C)C(C)c2sc(C)nc2C)c1. The highest BCUT2D eigenvalue weighted by molar-refractivity contribution is 7.11. The monoisotopic (exact) mass is 334 g/mol. The molecule has 2 unspecified atom stereocenters. The van der Waals surface area contributed by atoms with Gasteiger partial charge in [0.15, 0.2) is 6.10 Å². The van der Waals surface area contributed by atoms with E-state index < -0.39 is 6.10 Å². The number of likely N-dealkylation sites (N-methyl/N-ethyl adjacent to an activating group) is 1. The van der Waals surface area contributed by atoms with Crippen LogP contribution in [0.4, 0.5) is 0 Å². The van der Waals surface area contributed by atoms with E-state index in [1.807, 2.05) is 20.8 Å². The van der Waals surface area contributed by atoms with E-state index in [0.29, 0.717) is 11.3 Å². The molecule has 0 spiro atoms. The van der Waals surface area contributed by atoms with Crippen LogP contribution < -0.4 is 4.74 Å². The Balaban J connectivity index is 2.19. The van der Waals surface area contributed by atoms with Gasteiger partial charge in [-0.2, -0.15) is 0 Å². The summed E-state index contributed by atoms with van der Waals surface area (Å²) in [6.07, 6.45) is -1.22. The fourth-order valence-corrected chi connectivity index (χ4v) is 3.47. The molecule has 23 heavy (non-hydrogen) atoms. The first kappa shape index (κ1) is 17.4. The molecule has 1 aromatic heterocycles. The fourth-order valence-electron chi connectivity index (χ4n) is 2.45. The van der Waals surface area contributed by atoms with Crippen LogP contribution in [0.3, 0.4) is 0 Å². The summed E-state index contributed by atoms with van der Waals surface area (Å²) in [7, 11) is 3.25. The lowest BCUT2D eigenvalue weighted by Gasteiger charge is -2.27. The summed E-state index contributed by atoms with van der Waals surface area (Å²) in [4.78, 5) is 19.6. The molecule has 0 aliphatic rings. The van der Waals surface area contributed by atoms with Crippen LogP contribution >= 0.6 is 11.3 Å². The van der Waals surface area contributed by atoms with Gasteiger partial charge < -0.3 is 14.7 Å². The van der Waals surface area contributed by atoms with Gasteiger partial charge in [0.05, 0.1) is 23.9 Å². The summed E-state index contributed by atoms with van der Waals surface area (Å²) < 4.78 is 5.14. The van der Waals surface area contributed by atoms with E-state index in [0.717, 1.165) is 15.6 Å². The number of aliphatic hydroxyl groups is 1. The van der Waals surface area contributed by atoms with Crippen molar-refractivity contribution < 1.29 is 14.6 Å². The number of aliphatic hydroxyl groups excluding tert-OH is 1. The number of nitrogens with zero attached hydrogens (tertiary/aromatic N) is 2. The van der Waals surface area contributed by atoms with Gasteiger partial charge in [-0.15, -0.1) is 11.3 Å². The number of thiazole rings is 1. The minimum absolute atomic E-state index is 0.144. The summed E-state index contributed by atoms with van der Waals surface area (Å²) in [6.45, 7) is 5.82. The van der Waals surface area contributed by atoms with Crippen molar-refractivity contribution in [1.82, 2.24) is 9.88 Å². The number of methoxy groups -OCH3 is 1. The molecule has 1 N–H and O–H groups in total. The van der Waals surface area contributed by atoms with Crippen LogP contribution in [0.1, 0.15) is 40.2 Å². The van der Waals surface area contributed by atoms with Crippen LogP contribution in [0.2, 0.25) is 0 Å². The molecule has 2 atom stereocenters. The molecule has 6 heteroatoms. The second-order valence-corrected chi connectivity index (χ2v) is 6.72. The van der Waals surface area contributed by atoms with Gasteiger partial charge in [0, 0.05) is 11.9 Å². The maximum absolute atomic E-state index is 12.6. The van der Waals surface area contributed by atoms with E-state index in [4.69, 9.17) is 4.74 Å². The zero-order chi connectivity index (χ0) is 17.1. The Morgan fingerprint density at radius 3 is 2.65 bits per heavy atom. The molecule has 0 aliphatic heterocycles. The summed E-state index contributed by atoms with van der Waals surface area (Å²) in [5, 5.41) is 11.4. The van der Waals surface area contributed by atoms with E-state index >= 15 is 0 Å². The molecule has 0 aliphatic carbocycles. The van der Waals surface area contributed by atoms with Crippen LogP contribution in [-0.2, 0) is 4.79 Å². The third-order valence-electron chi connectivity index (χ3n) is 3.89. The Bertz CT molecular complexity index is 699. The number of hydrogen-bond acceptors (Lipinski definition) is 5. The van der Waals surface area contributed by atoms with Crippen LogP contribution in [0.25, 0.3) is 0 Å². The highest BCUT2D eigenvalue weighted by atomic mass is 32.1. The fraction of sp³-hybridized carbons (Fsp3) is 0.412. The summed E-state index contributed by atoms with van der Waals surface area (Å²) >= 11 is 1.58. The number of benzene rings is 1. The molecule has 1 amide bonds. The number of aryl methyl sites for hydroxylation is 2. The number of hydrogen-bond donors (Lipinski definition) is 1. The molecule has 1 heterocycles.